The normalized spacial score (nSPS) is 10.9. The minimum atomic E-state index is -0.705. The van der Waals surface area contributed by atoms with Gasteiger partial charge in [-0.25, -0.2) is 10.2 Å². The molecule has 4 rings (SSSR count). The average molecular weight is 583 g/mol. The highest BCUT2D eigenvalue weighted by molar-refractivity contribution is 6.31. The van der Waals surface area contributed by atoms with Crippen molar-refractivity contribution in [3.63, 3.8) is 0 Å². The number of nitrogens with zero attached hydrogens (tertiary/aromatic N) is 2. The Balaban J connectivity index is 1.35. The number of rotatable bonds is 9. The van der Waals surface area contributed by atoms with Crippen molar-refractivity contribution in [2.45, 2.75) is 6.92 Å². The molecule has 2 N–H and O–H groups in total. The predicted octanol–water partition coefficient (Wildman–Crippen LogP) is 6.19. The van der Waals surface area contributed by atoms with E-state index in [2.05, 4.69) is 15.8 Å². The van der Waals surface area contributed by atoms with Crippen molar-refractivity contribution in [2.75, 3.05) is 5.32 Å². The molecule has 0 saturated carbocycles. The summed E-state index contributed by atoms with van der Waals surface area (Å²) in [6.07, 6.45) is 3.91. The van der Waals surface area contributed by atoms with Crippen molar-refractivity contribution < 1.29 is 24.0 Å². The van der Waals surface area contributed by atoms with Gasteiger partial charge in [0.05, 0.1) is 11.1 Å². The molecule has 0 saturated heterocycles. The summed E-state index contributed by atoms with van der Waals surface area (Å²) in [6.45, 7) is 1.90. The lowest BCUT2D eigenvalue weighted by molar-refractivity contribution is -0.384. The van der Waals surface area contributed by atoms with Crippen LogP contribution in [0.2, 0.25) is 5.02 Å². The molecule has 0 heterocycles. The van der Waals surface area contributed by atoms with E-state index in [1.165, 1.54) is 60.8 Å². The maximum Gasteiger partial charge on any atom is 0.336 e. The zero-order chi connectivity index (χ0) is 30.1. The Morgan fingerprint density at radius 2 is 1.64 bits per heavy atom. The molecule has 0 aliphatic heterocycles. The maximum atomic E-state index is 12.6. The van der Waals surface area contributed by atoms with E-state index < -0.39 is 16.8 Å². The molecule has 2 amide bonds. The van der Waals surface area contributed by atoms with Gasteiger partial charge in [0, 0.05) is 45.6 Å². The van der Waals surface area contributed by atoms with Gasteiger partial charge >= 0.3 is 5.97 Å². The van der Waals surface area contributed by atoms with Crippen LogP contribution in [-0.4, -0.2) is 28.9 Å². The van der Waals surface area contributed by atoms with Gasteiger partial charge in [-0.05, 0) is 85.3 Å². The van der Waals surface area contributed by atoms with E-state index in [1.54, 1.807) is 42.5 Å². The van der Waals surface area contributed by atoms with Crippen molar-refractivity contribution in [1.29, 1.82) is 0 Å². The molecule has 0 aliphatic rings. The zero-order valence-corrected chi connectivity index (χ0v) is 22.9. The third-order valence-electron chi connectivity index (χ3n) is 5.75. The van der Waals surface area contributed by atoms with E-state index in [0.717, 1.165) is 5.56 Å². The number of nitro benzene ring substituents is 1. The molecule has 0 unspecified atom stereocenters. The number of hydrogen-bond donors (Lipinski definition) is 2. The molecular weight excluding hydrogens is 560 g/mol. The van der Waals surface area contributed by atoms with Gasteiger partial charge in [-0.2, -0.15) is 5.10 Å². The fraction of sp³-hybridized carbons (Fsp3) is 0.0323. The van der Waals surface area contributed by atoms with Gasteiger partial charge in [0.15, 0.2) is 0 Å². The third-order valence-corrected chi connectivity index (χ3v) is 5.99. The second kappa shape index (κ2) is 13.6. The van der Waals surface area contributed by atoms with Crippen LogP contribution >= 0.6 is 11.6 Å². The molecular formula is C31H23ClN4O6. The van der Waals surface area contributed by atoms with Gasteiger partial charge in [0.25, 0.3) is 17.5 Å². The molecule has 4 aromatic rings. The Morgan fingerprint density at radius 3 is 2.33 bits per heavy atom. The fourth-order valence-corrected chi connectivity index (χ4v) is 3.83. The number of amides is 2. The molecule has 0 bridgehead atoms. The Labute approximate surface area is 245 Å². The van der Waals surface area contributed by atoms with Crippen molar-refractivity contribution in [3.8, 4) is 5.75 Å². The highest BCUT2D eigenvalue weighted by atomic mass is 35.5. The number of ether oxygens (including phenoxy) is 1. The topological polar surface area (TPSA) is 140 Å². The number of nitro groups is 1. The first kappa shape index (κ1) is 29.4. The summed E-state index contributed by atoms with van der Waals surface area (Å²) in [5.74, 6) is -1.33. The fourth-order valence-electron chi connectivity index (χ4n) is 3.65. The molecule has 0 aromatic heterocycles. The second-order valence-corrected chi connectivity index (χ2v) is 9.32. The van der Waals surface area contributed by atoms with Crippen LogP contribution in [0.5, 0.6) is 5.75 Å². The van der Waals surface area contributed by atoms with E-state index >= 15 is 0 Å². The smallest absolute Gasteiger partial charge is 0.336 e. The number of esters is 1. The SMILES string of the molecule is Cc1cccc(C(=O)Nc2ccc(C(=O)N/N=C/c3cc(Cl)ccc3OC(=O)/C=C/c3ccc([N+](=O)[O-])cc3)cc2)c1. The summed E-state index contributed by atoms with van der Waals surface area (Å²) in [5, 5.41) is 17.9. The maximum absolute atomic E-state index is 12.6. The van der Waals surface area contributed by atoms with Crippen LogP contribution in [-0.2, 0) is 4.79 Å². The highest BCUT2D eigenvalue weighted by Crippen LogP contribution is 2.22. The lowest BCUT2D eigenvalue weighted by atomic mass is 10.1. The summed E-state index contributed by atoms with van der Waals surface area (Å²) >= 11 is 6.08. The Bertz CT molecular complexity index is 1700. The van der Waals surface area contributed by atoms with Crippen molar-refractivity contribution in [1.82, 2.24) is 5.43 Å². The Kier molecular flexibility index (Phi) is 9.54. The minimum Gasteiger partial charge on any atom is -0.423 e. The summed E-state index contributed by atoms with van der Waals surface area (Å²) in [6, 6.07) is 23.6. The first-order valence-electron chi connectivity index (χ1n) is 12.4. The van der Waals surface area contributed by atoms with Crippen LogP contribution < -0.4 is 15.5 Å². The summed E-state index contributed by atoms with van der Waals surface area (Å²) in [5.41, 5.74) is 5.55. The monoisotopic (exact) mass is 582 g/mol. The van der Waals surface area contributed by atoms with Crippen LogP contribution in [0.25, 0.3) is 6.08 Å². The van der Waals surface area contributed by atoms with Crippen LogP contribution in [0.3, 0.4) is 0 Å². The molecule has 210 valence electrons. The van der Waals surface area contributed by atoms with E-state index in [0.29, 0.717) is 33.0 Å². The van der Waals surface area contributed by atoms with E-state index in [4.69, 9.17) is 16.3 Å². The number of carbonyl (C=O) groups excluding carboxylic acids is 3. The lowest BCUT2D eigenvalue weighted by Gasteiger charge is -2.07. The predicted molar refractivity (Wildman–Crippen MR) is 160 cm³/mol. The Morgan fingerprint density at radius 1 is 0.905 bits per heavy atom. The molecule has 11 heteroatoms. The average Bonchev–Trinajstić information content (AvgIpc) is 2.98. The molecule has 0 aliphatic carbocycles. The van der Waals surface area contributed by atoms with Crippen molar-refractivity contribution in [3.05, 3.63) is 140 Å². The second-order valence-electron chi connectivity index (χ2n) is 8.89. The van der Waals surface area contributed by atoms with Crippen LogP contribution in [0, 0.1) is 17.0 Å². The summed E-state index contributed by atoms with van der Waals surface area (Å²) in [4.78, 5) is 47.6. The molecule has 0 spiro atoms. The number of benzene rings is 4. The van der Waals surface area contributed by atoms with Gasteiger partial charge in [-0.3, -0.25) is 19.7 Å². The summed E-state index contributed by atoms with van der Waals surface area (Å²) in [7, 11) is 0. The first-order chi connectivity index (χ1) is 20.2. The Hall–Kier alpha value is -5.61. The third kappa shape index (κ3) is 8.20. The van der Waals surface area contributed by atoms with Crippen molar-refractivity contribution >= 4 is 53.0 Å². The van der Waals surface area contributed by atoms with Gasteiger partial charge in [-0.15, -0.1) is 0 Å². The molecule has 0 fully saturated rings. The van der Waals surface area contributed by atoms with Gasteiger partial charge in [-0.1, -0.05) is 29.3 Å². The quantitative estimate of drug-likeness (QED) is 0.0602. The standard InChI is InChI=1S/C31H23ClN4O6/c1-20-3-2-4-23(17-20)30(38)34-26-11-8-22(9-12-26)31(39)35-33-19-24-18-25(32)10-15-28(24)42-29(37)16-7-21-5-13-27(14-6-21)36(40)41/h2-19H,1H3,(H,34,38)(H,35,39)/b16-7+,33-19+. The van der Waals surface area contributed by atoms with E-state index in [9.17, 15) is 24.5 Å². The number of hydrazone groups is 1. The number of halogens is 1. The number of carbonyl (C=O) groups is 3. The molecule has 10 nitrogen and oxygen atoms in total. The first-order valence-corrected chi connectivity index (χ1v) is 12.8. The minimum absolute atomic E-state index is 0.0636. The molecule has 0 atom stereocenters. The number of non-ortho nitro benzene ring substituents is 1. The highest BCUT2D eigenvalue weighted by Gasteiger charge is 2.10. The van der Waals surface area contributed by atoms with E-state index in [1.807, 2.05) is 13.0 Å². The van der Waals surface area contributed by atoms with Crippen LogP contribution in [0.15, 0.2) is 102 Å². The number of anilines is 1. The lowest BCUT2D eigenvalue weighted by Crippen LogP contribution is -2.18. The zero-order valence-electron chi connectivity index (χ0n) is 22.1. The molecule has 0 radical (unpaired) electrons. The van der Waals surface area contributed by atoms with Gasteiger partial charge in [0.1, 0.15) is 5.75 Å². The van der Waals surface area contributed by atoms with Crippen LogP contribution in [0.1, 0.15) is 37.4 Å². The van der Waals surface area contributed by atoms with E-state index in [-0.39, 0.29) is 17.3 Å². The van der Waals surface area contributed by atoms with Crippen LogP contribution in [0.4, 0.5) is 11.4 Å². The largest absolute Gasteiger partial charge is 0.423 e. The van der Waals surface area contributed by atoms with Crippen molar-refractivity contribution in [2.24, 2.45) is 5.10 Å². The van der Waals surface area contributed by atoms with Gasteiger partial charge < -0.3 is 10.1 Å². The number of nitrogens with one attached hydrogen (secondary N) is 2. The number of aryl methyl sites for hydroxylation is 1. The molecule has 42 heavy (non-hydrogen) atoms. The summed E-state index contributed by atoms with van der Waals surface area (Å²) < 4.78 is 5.38. The van der Waals surface area contributed by atoms with Gasteiger partial charge in [0.2, 0.25) is 0 Å². The number of hydrogen-bond acceptors (Lipinski definition) is 7. The molecule has 4 aromatic carbocycles.